The molecule has 0 bridgehead atoms. The molecule has 1 heterocycles. The monoisotopic (exact) mass is 257 g/mol. The second-order valence-electron chi connectivity index (χ2n) is 3.62. The lowest BCUT2D eigenvalue weighted by Crippen LogP contribution is -2.26. The Hall–Kier alpha value is -0.540. The first kappa shape index (κ1) is 11.5. The minimum absolute atomic E-state index is 0. The van der Waals surface area contributed by atoms with Crippen LogP contribution in [0.5, 0.6) is 5.75 Å². The van der Waals surface area contributed by atoms with Gasteiger partial charge in [-0.05, 0) is 49.5 Å². The standard InChI is InChI=1S/C11H15NO.BrH/c13-11-3-1-2-10(8-11)9-4-6-12-7-5-9;/h1-3,8-9,12-13H,4-7H2;1H. The van der Waals surface area contributed by atoms with Crippen LogP contribution in [-0.4, -0.2) is 18.2 Å². The molecule has 1 aromatic rings. The SMILES string of the molecule is Br.Oc1cccc(C2CCNCC2)c1. The number of nitrogens with one attached hydrogen (secondary N) is 1. The third kappa shape index (κ3) is 2.72. The van der Waals surface area contributed by atoms with E-state index >= 15 is 0 Å². The smallest absolute Gasteiger partial charge is 0.115 e. The molecular formula is C11H16BrNO. The molecular weight excluding hydrogens is 242 g/mol. The average molecular weight is 258 g/mol. The van der Waals surface area contributed by atoms with Gasteiger partial charge in [0.25, 0.3) is 0 Å². The van der Waals surface area contributed by atoms with Crippen LogP contribution in [0.15, 0.2) is 24.3 Å². The summed E-state index contributed by atoms with van der Waals surface area (Å²) in [5.41, 5.74) is 1.28. The van der Waals surface area contributed by atoms with Crippen molar-refractivity contribution in [2.24, 2.45) is 0 Å². The number of benzene rings is 1. The maximum atomic E-state index is 9.33. The number of hydrogen-bond acceptors (Lipinski definition) is 2. The Bertz CT molecular complexity index is 284. The molecule has 0 radical (unpaired) electrons. The van der Waals surface area contributed by atoms with Crippen LogP contribution in [-0.2, 0) is 0 Å². The van der Waals surface area contributed by atoms with Crippen molar-refractivity contribution in [2.75, 3.05) is 13.1 Å². The zero-order valence-electron chi connectivity index (χ0n) is 8.07. The third-order valence-corrected chi connectivity index (χ3v) is 2.68. The van der Waals surface area contributed by atoms with Crippen LogP contribution in [0.25, 0.3) is 0 Å². The molecule has 1 aliphatic rings. The summed E-state index contributed by atoms with van der Waals surface area (Å²) in [6, 6.07) is 7.64. The van der Waals surface area contributed by atoms with Gasteiger partial charge in [-0.1, -0.05) is 12.1 Å². The van der Waals surface area contributed by atoms with Crippen LogP contribution in [0.3, 0.4) is 0 Å². The van der Waals surface area contributed by atoms with Gasteiger partial charge in [0.15, 0.2) is 0 Å². The highest BCUT2D eigenvalue weighted by molar-refractivity contribution is 8.93. The third-order valence-electron chi connectivity index (χ3n) is 2.68. The lowest BCUT2D eigenvalue weighted by Gasteiger charge is -2.22. The number of phenols is 1. The van der Waals surface area contributed by atoms with Crippen LogP contribution in [0.1, 0.15) is 24.3 Å². The molecule has 0 amide bonds. The van der Waals surface area contributed by atoms with E-state index in [0.717, 1.165) is 13.1 Å². The molecule has 1 fully saturated rings. The number of piperidine rings is 1. The Labute approximate surface area is 95.1 Å². The van der Waals surface area contributed by atoms with Crippen molar-refractivity contribution >= 4 is 17.0 Å². The van der Waals surface area contributed by atoms with Crippen molar-refractivity contribution in [1.82, 2.24) is 5.32 Å². The predicted octanol–water partition coefficient (Wildman–Crippen LogP) is 2.44. The summed E-state index contributed by atoms with van der Waals surface area (Å²) in [7, 11) is 0. The van der Waals surface area contributed by atoms with Gasteiger partial charge in [0, 0.05) is 0 Å². The van der Waals surface area contributed by atoms with Gasteiger partial charge >= 0.3 is 0 Å². The van der Waals surface area contributed by atoms with E-state index < -0.39 is 0 Å². The van der Waals surface area contributed by atoms with Gasteiger partial charge in [-0.2, -0.15) is 0 Å². The number of halogens is 1. The van der Waals surface area contributed by atoms with E-state index in [2.05, 4.69) is 11.4 Å². The molecule has 0 aliphatic carbocycles. The lowest BCUT2D eigenvalue weighted by atomic mass is 9.90. The topological polar surface area (TPSA) is 32.3 Å². The number of aromatic hydroxyl groups is 1. The van der Waals surface area contributed by atoms with E-state index in [1.54, 1.807) is 6.07 Å². The fourth-order valence-corrected chi connectivity index (χ4v) is 1.93. The Morgan fingerprint density at radius 1 is 1.21 bits per heavy atom. The van der Waals surface area contributed by atoms with E-state index in [9.17, 15) is 5.11 Å². The van der Waals surface area contributed by atoms with Gasteiger partial charge in [-0.25, -0.2) is 0 Å². The molecule has 0 spiro atoms. The highest BCUT2D eigenvalue weighted by atomic mass is 79.9. The van der Waals surface area contributed by atoms with E-state index in [0.29, 0.717) is 11.7 Å². The van der Waals surface area contributed by atoms with Crippen molar-refractivity contribution in [3.8, 4) is 5.75 Å². The number of hydrogen-bond donors (Lipinski definition) is 2. The van der Waals surface area contributed by atoms with Gasteiger partial charge in [-0.3, -0.25) is 0 Å². The molecule has 0 atom stereocenters. The summed E-state index contributed by atoms with van der Waals surface area (Å²) in [5.74, 6) is 1.02. The maximum absolute atomic E-state index is 9.33. The largest absolute Gasteiger partial charge is 0.508 e. The molecule has 14 heavy (non-hydrogen) atoms. The number of rotatable bonds is 1. The Kier molecular flexibility index (Phi) is 4.42. The van der Waals surface area contributed by atoms with Crippen LogP contribution in [0, 0.1) is 0 Å². The molecule has 0 saturated carbocycles. The van der Waals surface area contributed by atoms with Crippen LogP contribution in [0.4, 0.5) is 0 Å². The first-order valence-electron chi connectivity index (χ1n) is 4.86. The Morgan fingerprint density at radius 2 is 1.93 bits per heavy atom. The van der Waals surface area contributed by atoms with E-state index in [4.69, 9.17) is 0 Å². The first-order valence-corrected chi connectivity index (χ1v) is 4.86. The summed E-state index contributed by atoms with van der Waals surface area (Å²) in [6.07, 6.45) is 2.37. The molecule has 0 aromatic heterocycles. The van der Waals surface area contributed by atoms with Crippen LogP contribution >= 0.6 is 17.0 Å². The number of phenolic OH excluding ortho intramolecular Hbond substituents is 1. The Morgan fingerprint density at radius 3 is 2.57 bits per heavy atom. The molecule has 2 nitrogen and oxygen atoms in total. The molecule has 1 aromatic carbocycles. The molecule has 1 aliphatic heterocycles. The highest BCUT2D eigenvalue weighted by Crippen LogP contribution is 2.26. The normalized spacial score (nSPS) is 17.4. The lowest BCUT2D eigenvalue weighted by molar-refractivity contribution is 0.451. The van der Waals surface area contributed by atoms with E-state index in [1.807, 2.05) is 12.1 Å². The van der Waals surface area contributed by atoms with Crippen molar-refractivity contribution in [3.63, 3.8) is 0 Å². The molecule has 1 saturated heterocycles. The second kappa shape index (κ2) is 5.37. The van der Waals surface area contributed by atoms with E-state index in [1.165, 1.54) is 18.4 Å². The van der Waals surface area contributed by atoms with Crippen molar-refractivity contribution in [2.45, 2.75) is 18.8 Å². The zero-order valence-corrected chi connectivity index (χ0v) is 9.78. The van der Waals surface area contributed by atoms with Gasteiger partial charge in [-0.15, -0.1) is 17.0 Å². The minimum atomic E-state index is 0. The molecule has 2 rings (SSSR count). The molecule has 2 N–H and O–H groups in total. The quantitative estimate of drug-likeness (QED) is 0.810. The highest BCUT2D eigenvalue weighted by Gasteiger charge is 2.14. The summed E-state index contributed by atoms with van der Waals surface area (Å²) >= 11 is 0. The summed E-state index contributed by atoms with van der Waals surface area (Å²) < 4.78 is 0. The van der Waals surface area contributed by atoms with Crippen molar-refractivity contribution in [1.29, 1.82) is 0 Å². The van der Waals surface area contributed by atoms with Crippen molar-refractivity contribution < 1.29 is 5.11 Å². The predicted molar refractivity (Wildman–Crippen MR) is 63.3 cm³/mol. The Balaban J connectivity index is 0.000000980. The fourth-order valence-electron chi connectivity index (χ4n) is 1.93. The van der Waals surface area contributed by atoms with Crippen LogP contribution < -0.4 is 5.32 Å². The molecule has 78 valence electrons. The van der Waals surface area contributed by atoms with Gasteiger partial charge in [0.2, 0.25) is 0 Å². The zero-order chi connectivity index (χ0) is 9.10. The summed E-state index contributed by atoms with van der Waals surface area (Å²) in [4.78, 5) is 0. The maximum Gasteiger partial charge on any atom is 0.115 e. The molecule has 0 unspecified atom stereocenters. The fraction of sp³-hybridized carbons (Fsp3) is 0.455. The van der Waals surface area contributed by atoms with E-state index in [-0.39, 0.29) is 17.0 Å². The van der Waals surface area contributed by atoms with Crippen LogP contribution in [0.2, 0.25) is 0 Å². The minimum Gasteiger partial charge on any atom is -0.508 e. The second-order valence-corrected chi connectivity index (χ2v) is 3.62. The molecule has 3 heteroatoms. The van der Waals surface area contributed by atoms with Crippen molar-refractivity contribution in [3.05, 3.63) is 29.8 Å². The first-order chi connectivity index (χ1) is 6.36. The van der Waals surface area contributed by atoms with Gasteiger partial charge in [0.1, 0.15) is 5.75 Å². The van der Waals surface area contributed by atoms with Gasteiger partial charge < -0.3 is 10.4 Å². The average Bonchev–Trinajstić information content (AvgIpc) is 2.19. The van der Waals surface area contributed by atoms with Gasteiger partial charge in [0.05, 0.1) is 0 Å². The summed E-state index contributed by atoms with van der Waals surface area (Å²) in [6.45, 7) is 2.20. The summed E-state index contributed by atoms with van der Waals surface area (Å²) in [5, 5.41) is 12.7.